The molecule has 0 aromatic carbocycles. The highest BCUT2D eigenvalue weighted by Crippen LogP contribution is 2.31. The lowest BCUT2D eigenvalue weighted by Crippen LogP contribution is -2.53. The van der Waals surface area contributed by atoms with Crippen molar-refractivity contribution in [3.63, 3.8) is 0 Å². The van der Waals surface area contributed by atoms with Crippen LogP contribution in [0.1, 0.15) is 51.9 Å². The molecule has 2 aliphatic rings. The van der Waals surface area contributed by atoms with Crippen molar-refractivity contribution in [3.8, 4) is 0 Å². The van der Waals surface area contributed by atoms with Gasteiger partial charge < -0.3 is 14.7 Å². The van der Waals surface area contributed by atoms with Gasteiger partial charge in [0.05, 0.1) is 0 Å². The maximum atomic E-state index is 12.6. The van der Waals surface area contributed by atoms with E-state index in [0.717, 1.165) is 38.6 Å². The first-order valence-corrected chi connectivity index (χ1v) is 7.20. The normalized spacial score (nSPS) is 31.4. The van der Waals surface area contributed by atoms with E-state index < -0.39 is 11.6 Å². The number of carbonyl (C=O) groups is 2. The van der Waals surface area contributed by atoms with Gasteiger partial charge in [-0.25, -0.2) is 0 Å². The van der Waals surface area contributed by atoms with E-state index in [4.69, 9.17) is 9.84 Å². The molecule has 1 N–H and O–H groups in total. The molecule has 0 bridgehead atoms. The molecule has 0 radical (unpaired) electrons. The highest BCUT2D eigenvalue weighted by Gasteiger charge is 2.42. The smallest absolute Gasteiger partial charge is 0.303 e. The van der Waals surface area contributed by atoms with Crippen molar-refractivity contribution in [2.24, 2.45) is 0 Å². The van der Waals surface area contributed by atoms with Crippen molar-refractivity contribution < 1.29 is 19.4 Å². The standard InChI is InChI=1S/C14H23NO4/c1-14(8-4-10-19-14)13(18)15-9-3-2-5-11(15)6-7-12(16)17/h11H,2-10H2,1H3,(H,16,17). The van der Waals surface area contributed by atoms with Crippen molar-refractivity contribution >= 4 is 11.9 Å². The van der Waals surface area contributed by atoms with Crippen LogP contribution in [0.3, 0.4) is 0 Å². The van der Waals surface area contributed by atoms with Gasteiger partial charge in [-0.3, -0.25) is 9.59 Å². The monoisotopic (exact) mass is 269 g/mol. The maximum Gasteiger partial charge on any atom is 0.303 e. The summed E-state index contributed by atoms with van der Waals surface area (Å²) in [4.78, 5) is 25.2. The molecule has 2 aliphatic heterocycles. The van der Waals surface area contributed by atoms with E-state index in [-0.39, 0.29) is 18.4 Å². The third-order valence-corrected chi connectivity index (χ3v) is 4.25. The third-order valence-electron chi connectivity index (χ3n) is 4.25. The fourth-order valence-electron chi connectivity index (χ4n) is 3.11. The van der Waals surface area contributed by atoms with Crippen LogP contribution < -0.4 is 0 Å². The number of ether oxygens (including phenoxy) is 1. The van der Waals surface area contributed by atoms with Gasteiger partial charge in [0.15, 0.2) is 0 Å². The van der Waals surface area contributed by atoms with E-state index in [1.54, 1.807) is 0 Å². The van der Waals surface area contributed by atoms with Crippen LogP contribution in [0.4, 0.5) is 0 Å². The van der Waals surface area contributed by atoms with Crippen LogP contribution in [-0.4, -0.2) is 46.7 Å². The van der Waals surface area contributed by atoms with Crippen LogP contribution in [0.5, 0.6) is 0 Å². The Morgan fingerprint density at radius 1 is 1.37 bits per heavy atom. The topological polar surface area (TPSA) is 66.8 Å². The lowest BCUT2D eigenvalue weighted by atomic mass is 9.93. The zero-order valence-electron chi connectivity index (χ0n) is 11.6. The van der Waals surface area contributed by atoms with Gasteiger partial charge in [-0.2, -0.15) is 0 Å². The number of hydrogen-bond acceptors (Lipinski definition) is 3. The number of piperidine rings is 1. The first-order chi connectivity index (χ1) is 9.03. The summed E-state index contributed by atoms with van der Waals surface area (Å²) in [6.45, 7) is 3.25. The first-order valence-electron chi connectivity index (χ1n) is 7.20. The summed E-state index contributed by atoms with van der Waals surface area (Å²) in [5, 5.41) is 8.80. The van der Waals surface area contributed by atoms with Crippen molar-refractivity contribution in [1.82, 2.24) is 4.90 Å². The lowest BCUT2D eigenvalue weighted by molar-refractivity contribution is -0.155. The first kappa shape index (κ1) is 14.3. The SMILES string of the molecule is CC1(C(=O)N2CCCCC2CCC(=O)O)CCCO1. The molecule has 2 fully saturated rings. The highest BCUT2D eigenvalue weighted by molar-refractivity contribution is 5.85. The second kappa shape index (κ2) is 5.90. The Balaban J connectivity index is 2.01. The Labute approximate surface area is 113 Å². The van der Waals surface area contributed by atoms with E-state index in [9.17, 15) is 9.59 Å². The summed E-state index contributed by atoms with van der Waals surface area (Å²) < 4.78 is 5.62. The molecule has 1 amide bonds. The van der Waals surface area contributed by atoms with Crippen molar-refractivity contribution in [2.75, 3.05) is 13.2 Å². The molecule has 2 atom stereocenters. The number of carboxylic acid groups (broad SMARTS) is 1. The molecule has 0 aromatic heterocycles. The summed E-state index contributed by atoms with van der Waals surface area (Å²) in [5.41, 5.74) is -0.682. The average Bonchev–Trinajstić information content (AvgIpc) is 2.84. The van der Waals surface area contributed by atoms with Crippen molar-refractivity contribution in [3.05, 3.63) is 0 Å². The minimum absolute atomic E-state index is 0.0556. The van der Waals surface area contributed by atoms with Gasteiger partial charge in [-0.05, 0) is 45.4 Å². The molecule has 5 heteroatoms. The fraction of sp³-hybridized carbons (Fsp3) is 0.857. The van der Waals surface area contributed by atoms with Crippen molar-refractivity contribution in [1.29, 1.82) is 0 Å². The molecular weight excluding hydrogens is 246 g/mol. The molecule has 0 aliphatic carbocycles. The summed E-state index contributed by atoms with van der Waals surface area (Å²) in [6, 6.07) is 0.0679. The molecule has 108 valence electrons. The second-order valence-corrected chi connectivity index (χ2v) is 5.76. The predicted octanol–water partition coefficient (Wildman–Crippen LogP) is 1.80. The molecule has 5 nitrogen and oxygen atoms in total. The molecule has 2 saturated heterocycles. The minimum Gasteiger partial charge on any atom is -0.481 e. The molecule has 0 spiro atoms. The Morgan fingerprint density at radius 3 is 2.79 bits per heavy atom. The van der Waals surface area contributed by atoms with Crippen LogP contribution in [0, 0.1) is 0 Å². The number of hydrogen-bond donors (Lipinski definition) is 1. The molecule has 2 unspecified atom stereocenters. The van der Waals surface area contributed by atoms with Gasteiger partial charge in [-0.1, -0.05) is 0 Å². The molecular formula is C14H23NO4. The van der Waals surface area contributed by atoms with E-state index in [2.05, 4.69) is 0 Å². The second-order valence-electron chi connectivity index (χ2n) is 5.76. The molecule has 0 saturated carbocycles. The Morgan fingerprint density at radius 2 is 2.16 bits per heavy atom. The van der Waals surface area contributed by atoms with Gasteiger partial charge in [0.2, 0.25) is 0 Å². The number of carbonyl (C=O) groups excluding carboxylic acids is 1. The van der Waals surface area contributed by atoms with Crippen molar-refractivity contribution in [2.45, 2.75) is 63.5 Å². The Bertz CT molecular complexity index is 349. The largest absolute Gasteiger partial charge is 0.481 e. The van der Waals surface area contributed by atoms with Crippen LogP contribution in [-0.2, 0) is 14.3 Å². The fourth-order valence-corrected chi connectivity index (χ4v) is 3.11. The summed E-state index contributed by atoms with van der Waals surface area (Å²) in [6.07, 6.45) is 5.37. The lowest BCUT2D eigenvalue weighted by Gasteiger charge is -2.39. The highest BCUT2D eigenvalue weighted by atomic mass is 16.5. The van der Waals surface area contributed by atoms with Gasteiger partial charge >= 0.3 is 5.97 Å². The zero-order valence-corrected chi connectivity index (χ0v) is 11.6. The number of amides is 1. The predicted molar refractivity (Wildman–Crippen MR) is 69.8 cm³/mol. The van der Waals surface area contributed by atoms with Gasteiger partial charge in [0, 0.05) is 25.6 Å². The third kappa shape index (κ3) is 3.26. The summed E-state index contributed by atoms with van der Waals surface area (Å²) in [7, 11) is 0. The van der Waals surface area contributed by atoms with Crippen LogP contribution in [0.25, 0.3) is 0 Å². The number of nitrogens with zero attached hydrogens (tertiary/aromatic N) is 1. The quantitative estimate of drug-likeness (QED) is 0.845. The maximum absolute atomic E-state index is 12.6. The summed E-state index contributed by atoms with van der Waals surface area (Å²) >= 11 is 0. The molecule has 19 heavy (non-hydrogen) atoms. The van der Waals surface area contributed by atoms with E-state index >= 15 is 0 Å². The molecule has 0 aromatic rings. The molecule has 2 heterocycles. The number of likely N-dealkylation sites (tertiary alicyclic amines) is 1. The van der Waals surface area contributed by atoms with Crippen LogP contribution in [0.2, 0.25) is 0 Å². The summed E-state index contributed by atoms with van der Waals surface area (Å²) in [5.74, 6) is -0.735. The molecule has 2 rings (SSSR count). The average molecular weight is 269 g/mol. The number of aliphatic carboxylic acids is 1. The van der Waals surface area contributed by atoms with Gasteiger partial charge in [0.1, 0.15) is 5.60 Å². The zero-order chi connectivity index (χ0) is 13.9. The Hall–Kier alpha value is -1.10. The van der Waals surface area contributed by atoms with Gasteiger partial charge in [0.25, 0.3) is 5.91 Å². The Kier molecular flexibility index (Phi) is 4.45. The van der Waals surface area contributed by atoms with Gasteiger partial charge in [-0.15, -0.1) is 0 Å². The minimum atomic E-state index is -0.790. The van der Waals surface area contributed by atoms with E-state index in [1.807, 2.05) is 11.8 Å². The number of carboxylic acids is 1. The van der Waals surface area contributed by atoms with E-state index in [0.29, 0.717) is 13.0 Å². The van der Waals surface area contributed by atoms with Crippen LogP contribution >= 0.6 is 0 Å². The number of rotatable bonds is 4. The van der Waals surface area contributed by atoms with Crippen LogP contribution in [0.15, 0.2) is 0 Å². The van der Waals surface area contributed by atoms with E-state index in [1.165, 1.54) is 0 Å².